The first-order chi connectivity index (χ1) is 11.2. The van der Waals surface area contributed by atoms with Crippen molar-refractivity contribution in [2.45, 2.75) is 26.2 Å². The van der Waals surface area contributed by atoms with Crippen LogP contribution in [0.4, 0.5) is 11.4 Å². The van der Waals surface area contributed by atoms with E-state index in [1.807, 2.05) is 32.9 Å². The van der Waals surface area contributed by atoms with Gasteiger partial charge in [0.05, 0.1) is 15.7 Å². The van der Waals surface area contributed by atoms with E-state index in [9.17, 15) is 9.59 Å². The normalized spacial score (nSPS) is 11.0. The van der Waals surface area contributed by atoms with Crippen LogP contribution < -0.4 is 10.6 Å². The number of hydrogen-bond acceptors (Lipinski definition) is 2. The lowest BCUT2D eigenvalue weighted by molar-refractivity contribution is -0.133. The third-order valence-electron chi connectivity index (χ3n) is 3.39. The summed E-state index contributed by atoms with van der Waals surface area (Å²) in [5.74, 6) is -1.59. The molecule has 0 spiro atoms. The highest BCUT2D eigenvalue weighted by molar-refractivity contribution is 6.47. The van der Waals surface area contributed by atoms with Crippen LogP contribution in [0.15, 0.2) is 42.5 Å². The van der Waals surface area contributed by atoms with Crippen LogP contribution in [0.2, 0.25) is 10.0 Å². The van der Waals surface area contributed by atoms with E-state index in [0.717, 1.165) is 5.56 Å². The molecule has 0 bridgehead atoms. The minimum atomic E-state index is -0.817. The van der Waals surface area contributed by atoms with Gasteiger partial charge in [-0.15, -0.1) is 0 Å². The maximum Gasteiger partial charge on any atom is 0.314 e. The predicted molar refractivity (Wildman–Crippen MR) is 98.9 cm³/mol. The summed E-state index contributed by atoms with van der Waals surface area (Å²) in [7, 11) is 0. The fourth-order valence-corrected chi connectivity index (χ4v) is 2.55. The number of para-hydroxylation sites is 1. The van der Waals surface area contributed by atoms with Crippen LogP contribution >= 0.6 is 23.2 Å². The van der Waals surface area contributed by atoms with Crippen molar-refractivity contribution >= 4 is 46.4 Å². The molecular formula is C18H18Cl2N2O2. The number of rotatable bonds is 2. The van der Waals surface area contributed by atoms with Crippen molar-refractivity contribution in [1.29, 1.82) is 0 Å². The molecule has 2 aromatic rings. The van der Waals surface area contributed by atoms with Gasteiger partial charge in [0, 0.05) is 5.69 Å². The lowest BCUT2D eigenvalue weighted by Gasteiger charge is -2.22. The molecule has 0 atom stereocenters. The average molecular weight is 365 g/mol. The monoisotopic (exact) mass is 364 g/mol. The van der Waals surface area contributed by atoms with Crippen LogP contribution in [0.25, 0.3) is 0 Å². The molecular weight excluding hydrogens is 347 g/mol. The van der Waals surface area contributed by atoms with Crippen molar-refractivity contribution in [2.24, 2.45) is 0 Å². The van der Waals surface area contributed by atoms with E-state index in [1.165, 1.54) is 0 Å². The molecule has 0 aliphatic heterocycles. The Morgan fingerprint density at radius 1 is 0.833 bits per heavy atom. The molecule has 0 fully saturated rings. The largest absolute Gasteiger partial charge is 0.318 e. The predicted octanol–water partition coefficient (Wildman–Crippen LogP) is 4.87. The molecule has 4 nitrogen and oxygen atoms in total. The quantitative estimate of drug-likeness (QED) is 0.746. The smallest absolute Gasteiger partial charge is 0.314 e. The number of carbonyl (C=O) groups is 2. The first-order valence-electron chi connectivity index (χ1n) is 7.36. The van der Waals surface area contributed by atoms with Crippen LogP contribution in [0.3, 0.4) is 0 Å². The van der Waals surface area contributed by atoms with Gasteiger partial charge in [0.2, 0.25) is 0 Å². The summed E-state index contributed by atoms with van der Waals surface area (Å²) < 4.78 is 0. The Morgan fingerprint density at radius 2 is 1.38 bits per heavy atom. The number of hydrogen-bond donors (Lipinski definition) is 2. The fourth-order valence-electron chi connectivity index (χ4n) is 2.20. The van der Waals surface area contributed by atoms with Crippen LogP contribution in [0.1, 0.15) is 26.3 Å². The molecule has 6 heteroatoms. The molecule has 0 saturated heterocycles. The minimum absolute atomic E-state index is 0.170. The molecule has 0 unspecified atom stereocenters. The zero-order valence-corrected chi connectivity index (χ0v) is 15.1. The third kappa shape index (κ3) is 4.28. The molecule has 24 heavy (non-hydrogen) atoms. The van der Waals surface area contributed by atoms with E-state index in [0.29, 0.717) is 10.7 Å². The molecule has 2 N–H and O–H groups in total. The molecule has 2 aromatic carbocycles. The van der Waals surface area contributed by atoms with Crippen LogP contribution in [0.5, 0.6) is 0 Å². The standard InChI is InChI=1S/C18H18Cl2N2O2/c1-18(2,3)11-7-4-5-9-13(11)21-16(23)17(24)22-14-10-6-8-12(19)15(14)20/h4-10H,1-3H3,(H,21,23)(H,22,24). The Balaban J connectivity index is 2.16. The van der Waals surface area contributed by atoms with Crippen molar-refractivity contribution in [3.8, 4) is 0 Å². The summed E-state index contributed by atoms with van der Waals surface area (Å²) in [6.45, 7) is 6.09. The van der Waals surface area contributed by atoms with E-state index in [4.69, 9.17) is 23.2 Å². The summed E-state index contributed by atoms with van der Waals surface area (Å²) >= 11 is 11.9. The number of nitrogens with one attached hydrogen (secondary N) is 2. The highest BCUT2D eigenvalue weighted by Crippen LogP contribution is 2.30. The Kier molecular flexibility index (Phi) is 5.52. The van der Waals surface area contributed by atoms with Gasteiger partial charge < -0.3 is 10.6 Å². The van der Waals surface area contributed by atoms with Gasteiger partial charge in [-0.2, -0.15) is 0 Å². The van der Waals surface area contributed by atoms with Gasteiger partial charge in [0.1, 0.15) is 0 Å². The van der Waals surface area contributed by atoms with Crippen molar-refractivity contribution in [3.63, 3.8) is 0 Å². The van der Waals surface area contributed by atoms with Crippen LogP contribution in [-0.2, 0) is 15.0 Å². The maximum atomic E-state index is 12.2. The van der Waals surface area contributed by atoms with E-state index < -0.39 is 11.8 Å². The molecule has 0 aliphatic carbocycles. The molecule has 0 aromatic heterocycles. The Labute approximate surface area is 151 Å². The molecule has 0 saturated carbocycles. The molecule has 2 rings (SSSR count). The van der Waals surface area contributed by atoms with Gasteiger partial charge in [0.25, 0.3) is 0 Å². The Hall–Kier alpha value is -2.04. The zero-order chi connectivity index (χ0) is 17.9. The molecule has 0 radical (unpaired) electrons. The van der Waals surface area contributed by atoms with Gasteiger partial charge in [-0.05, 0) is 29.2 Å². The van der Waals surface area contributed by atoms with E-state index in [1.54, 1.807) is 30.3 Å². The van der Waals surface area contributed by atoms with Crippen molar-refractivity contribution in [1.82, 2.24) is 0 Å². The molecule has 126 valence electrons. The highest BCUT2D eigenvalue weighted by Gasteiger charge is 2.21. The molecule has 2 amide bonds. The van der Waals surface area contributed by atoms with Gasteiger partial charge in [-0.3, -0.25) is 9.59 Å². The summed E-state index contributed by atoms with van der Waals surface area (Å²) in [5.41, 5.74) is 1.65. The van der Waals surface area contributed by atoms with Crippen LogP contribution in [0, 0.1) is 0 Å². The van der Waals surface area contributed by atoms with Gasteiger partial charge in [-0.25, -0.2) is 0 Å². The summed E-state index contributed by atoms with van der Waals surface area (Å²) in [5, 5.41) is 5.60. The lowest BCUT2D eigenvalue weighted by Crippen LogP contribution is -2.30. The second-order valence-corrected chi connectivity index (χ2v) is 7.09. The van der Waals surface area contributed by atoms with Gasteiger partial charge in [-0.1, -0.05) is 68.2 Å². The molecule has 0 heterocycles. The number of amides is 2. The van der Waals surface area contributed by atoms with Crippen LogP contribution in [-0.4, -0.2) is 11.8 Å². The minimum Gasteiger partial charge on any atom is -0.318 e. The zero-order valence-electron chi connectivity index (χ0n) is 13.6. The SMILES string of the molecule is CC(C)(C)c1ccccc1NC(=O)C(=O)Nc1cccc(Cl)c1Cl. The number of anilines is 2. The first kappa shape index (κ1) is 18.3. The van der Waals surface area contributed by atoms with E-state index in [-0.39, 0.29) is 16.1 Å². The highest BCUT2D eigenvalue weighted by atomic mass is 35.5. The van der Waals surface area contributed by atoms with E-state index in [2.05, 4.69) is 10.6 Å². The second kappa shape index (κ2) is 7.24. The first-order valence-corrected chi connectivity index (χ1v) is 8.11. The number of carbonyl (C=O) groups excluding carboxylic acids is 2. The van der Waals surface area contributed by atoms with E-state index >= 15 is 0 Å². The number of halogens is 2. The Bertz CT molecular complexity index is 783. The lowest BCUT2D eigenvalue weighted by atomic mass is 9.86. The topological polar surface area (TPSA) is 58.2 Å². The van der Waals surface area contributed by atoms with Crippen molar-refractivity contribution < 1.29 is 9.59 Å². The number of benzene rings is 2. The fraction of sp³-hybridized carbons (Fsp3) is 0.222. The third-order valence-corrected chi connectivity index (χ3v) is 4.21. The van der Waals surface area contributed by atoms with Gasteiger partial charge in [0.15, 0.2) is 0 Å². The molecule has 0 aliphatic rings. The summed E-state index contributed by atoms with van der Waals surface area (Å²) in [6.07, 6.45) is 0. The average Bonchev–Trinajstić information content (AvgIpc) is 2.51. The van der Waals surface area contributed by atoms with Gasteiger partial charge >= 0.3 is 11.8 Å². The summed E-state index contributed by atoms with van der Waals surface area (Å²) in [4.78, 5) is 24.3. The van der Waals surface area contributed by atoms with Crippen molar-refractivity contribution in [2.75, 3.05) is 10.6 Å². The Morgan fingerprint density at radius 3 is 2.00 bits per heavy atom. The van der Waals surface area contributed by atoms with Crippen molar-refractivity contribution in [3.05, 3.63) is 58.1 Å². The second-order valence-electron chi connectivity index (χ2n) is 6.31. The summed E-state index contributed by atoms with van der Waals surface area (Å²) in [6, 6.07) is 12.2. The maximum absolute atomic E-state index is 12.2.